The number of nitrogen functional groups attached to an aromatic ring is 1. The third-order valence-corrected chi connectivity index (χ3v) is 2.40. The molecule has 0 saturated carbocycles. The Morgan fingerprint density at radius 1 is 1.44 bits per heavy atom. The molecule has 0 bridgehead atoms. The zero-order valence-electron chi connectivity index (χ0n) is 10.9. The second-order valence-corrected chi connectivity index (χ2v) is 4.59. The summed E-state index contributed by atoms with van der Waals surface area (Å²) in [5.74, 6) is 0.433. The number of phenols is 1. The standard InChI is InChI=1S/C13H20N2O3/c1-8(2)7-15-13(17)9(3)18-11-6-4-5-10(16)12(11)14/h4-6,8-9,16H,7,14H2,1-3H3,(H,15,17). The Bertz CT molecular complexity index is 419. The van der Waals surface area contributed by atoms with Crippen molar-refractivity contribution in [3.63, 3.8) is 0 Å². The summed E-state index contributed by atoms with van der Waals surface area (Å²) in [7, 11) is 0. The van der Waals surface area contributed by atoms with Crippen LogP contribution in [0.4, 0.5) is 5.69 Å². The molecule has 1 unspecified atom stereocenters. The lowest BCUT2D eigenvalue weighted by Gasteiger charge is -2.17. The number of hydrogen-bond acceptors (Lipinski definition) is 4. The third kappa shape index (κ3) is 3.84. The number of rotatable bonds is 5. The van der Waals surface area contributed by atoms with Gasteiger partial charge in [-0.1, -0.05) is 19.9 Å². The topological polar surface area (TPSA) is 84.6 Å². The van der Waals surface area contributed by atoms with E-state index in [9.17, 15) is 9.90 Å². The van der Waals surface area contributed by atoms with Gasteiger partial charge in [-0.25, -0.2) is 0 Å². The number of carbonyl (C=O) groups excluding carboxylic acids is 1. The molecule has 1 amide bonds. The van der Waals surface area contributed by atoms with Crippen molar-refractivity contribution in [1.29, 1.82) is 0 Å². The molecule has 0 aliphatic carbocycles. The maximum atomic E-state index is 11.7. The Hall–Kier alpha value is -1.91. The van der Waals surface area contributed by atoms with Crippen LogP contribution in [0.1, 0.15) is 20.8 Å². The predicted molar refractivity (Wildman–Crippen MR) is 70.5 cm³/mol. The third-order valence-electron chi connectivity index (χ3n) is 2.40. The van der Waals surface area contributed by atoms with Gasteiger partial charge < -0.3 is 20.9 Å². The molecular formula is C13H20N2O3. The number of anilines is 1. The largest absolute Gasteiger partial charge is 0.506 e. The van der Waals surface area contributed by atoms with Crippen LogP contribution in [0.25, 0.3) is 0 Å². The monoisotopic (exact) mass is 252 g/mol. The van der Waals surface area contributed by atoms with Crippen molar-refractivity contribution in [3.8, 4) is 11.5 Å². The summed E-state index contributed by atoms with van der Waals surface area (Å²) in [5, 5.41) is 12.2. The second kappa shape index (κ2) is 6.14. The Balaban J connectivity index is 2.61. The first kappa shape index (κ1) is 14.2. The van der Waals surface area contributed by atoms with Crippen molar-refractivity contribution in [2.75, 3.05) is 12.3 Å². The molecule has 1 aromatic rings. The molecule has 5 heteroatoms. The maximum Gasteiger partial charge on any atom is 0.260 e. The predicted octanol–water partition coefficient (Wildman–Crippen LogP) is 1.51. The SMILES string of the molecule is CC(C)CNC(=O)C(C)Oc1cccc(O)c1N. The molecule has 0 aromatic heterocycles. The van der Waals surface area contributed by atoms with Crippen LogP contribution in [0.5, 0.6) is 11.5 Å². The molecule has 0 saturated heterocycles. The maximum absolute atomic E-state index is 11.7. The van der Waals surface area contributed by atoms with Crippen LogP contribution in [0.2, 0.25) is 0 Å². The normalized spacial score (nSPS) is 12.2. The van der Waals surface area contributed by atoms with Gasteiger partial charge in [-0.2, -0.15) is 0 Å². The number of ether oxygens (including phenoxy) is 1. The average molecular weight is 252 g/mol. The molecule has 5 nitrogen and oxygen atoms in total. The molecule has 0 aliphatic rings. The van der Waals surface area contributed by atoms with Gasteiger partial charge in [0.05, 0.1) is 0 Å². The first-order valence-corrected chi connectivity index (χ1v) is 5.93. The van der Waals surface area contributed by atoms with Gasteiger partial charge in [-0.05, 0) is 25.0 Å². The zero-order chi connectivity index (χ0) is 13.7. The van der Waals surface area contributed by atoms with E-state index in [1.807, 2.05) is 13.8 Å². The summed E-state index contributed by atoms with van der Waals surface area (Å²) in [6.45, 7) is 6.26. The highest BCUT2D eigenvalue weighted by atomic mass is 16.5. The number of phenolic OH excluding ortho intramolecular Hbond substituents is 1. The minimum atomic E-state index is -0.659. The Labute approximate surface area is 107 Å². The number of benzene rings is 1. The van der Waals surface area contributed by atoms with Gasteiger partial charge in [0.1, 0.15) is 17.2 Å². The minimum Gasteiger partial charge on any atom is -0.506 e. The van der Waals surface area contributed by atoms with Crippen molar-refractivity contribution in [2.45, 2.75) is 26.9 Å². The molecule has 0 fully saturated rings. The van der Waals surface area contributed by atoms with Crippen LogP contribution >= 0.6 is 0 Å². The number of nitrogens with one attached hydrogen (secondary N) is 1. The Morgan fingerprint density at radius 2 is 2.11 bits per heavy atom. The summed E-state index contributed by atoms with van der Waals surface area (Å²) in [4.78, 5) is 11.7. The van der Waals surface area contributed by atoms with Crippen molar-refractivity contribution < 1.29 is 14.6 Å². The van der Waals surface area contributed by atoms with Crippen molar-refractivity contribution >= 4 is 11.6 Å². The van der Waals surface area contributed by atoms with E-state index in [-0.39, 0.29) is 17.3 Å². The summed E-state index contributed by atoms with van der Waals surface area (Å²) in [6.07, 6.45) is -0.659. The van der Waals surface area contributed by atoms with E-state index in [0.717, 1.165) is 0 Å². The van der Waals surface area contributed by atoms with Crippen LogP contribution in [-0.4, -0.2) is 23.7 Å². The number of aromatic hydroxyl groups is 1. The molecule has 1 atom stereocenters. The number of carbonyl (C=O) groups is 1. The molecule has 0 radical (unpaired) electrons. The number of amides is 1. The lowest BCUT2D eigenvalue weighted by molar-refractivity contribution is -0.127. The van der Waals surface area contributed by atoms with Gasteiger partial charge in [0.15, 0.2) is 6.10 Å². The fraction of sp³-hybridized carbons (Fsp3) is 0.462. The van der Waals surface area contributed by atoms with Crippen molar-refractivity contribution in [2.24, 2.45) is 5.92 Å². The first-order chi connectivity index (χ1) is 8.41. The lowest BCUT2D eigenvalue weighted by atomic mass is 10.2. The Kier molecular flexibility index (Phi) is 4.83. The quantitative estimate of drug-likeness (QED) is 0.548. The molecule has 0 heterocycles. The molecule has 1 aromatic carbocycles. The number of hydrogen-bond donors (Lipinski definition) is 3. The summed E-state index contributed by atoms with van der Waals surface area (Å²) < 4.78 is 5.42. The average Bonchev–Trinajstić information content (AvgIpc) is 2.31. The molecule has 4 N–H and O–H groups in total. The number of nitrogens with two attached hydrogens (primary N) is 1. The van der Waals surface area contributed by atoms with Crippen LogP contribution in [0.3, 0.4) is 0 Å². The molecule has 1 rings (SSSR count). The molecular weight excluding hydrogens is 232 g/mol. The van der Waals surface area contributed by atoms with E-state index in [0.29, 0.717) is 18.2 Å². The second-order valence-electron chi connectivity index (χ2n) is 4.59. The number of para-hydroxylation sites is 1. The zero-order valence-corrected chi connectivity index (χ0v) is 10.9. The van der Waals surface area contributed by atoms with Crippen LogP contribution < -0.4 is 15.8 Å². The van der Waals surface area contributed by atoms with Crippen LogP contribution in [-0.2, 0) is 4.79 Å². The highest BCUT2D eigenvalue weighted by Gasteiger charge is 2.16. The van der Waals surface area contributed by atoms with E-state index in [4.69, 9.17) is 10.5 Å². The smallest absolute Gasteiger partial charge is 0.260 e. The van der Waals surface area contributed by atoms with Gasteiger partial charge in [-0.15, -0.1) is 0 Å². The molecule has 0 aliphatic heterocycles. The van der Waals surface area contributed by atoms with Gasteiger partial charge in [0.25, 0.3) is 5.91 Å². The van der Waals surface area contributed by atoms with Crippen molar-refractivity contribution in [1.82, 2.24) is 5.32 Å². The highest BCUT2D eigenvalue weighted by Crippen LogP contribution is 2.30. The van der Waals surface area contributed by atoms with Gasteiger partial charge in [0.2, 0.25) is 0 Å². The summed E-state index contributed by atoms with van der Waals surface area (Å²) in [5.41, 5.74) is 5.79. The Morgan fingerprint density at radius 3 is 2.72 bits per heavy atom. The van der Waals surface area contributed by atoms with E-state index < -0.39 is 6.10 Å². The van der Waals surface area contributed by atoms with Gasteiger partial charge >= 0.3 is 0 Å². The molecule has 0 spiro atoms. The molecule has 100 valence electrons. The highest BCUT2D eigenvalue weighted by molar-refractivity contribution is 5.81. The van der Waals surface area contributed by atoms with Crippen LogP contribution in [0.15, 0.2) is 18.2 Å². The van der Waals surface area contributed by atoms with Gasteiger partial charge in [0, 0.05) is 6.54 Å². The van der Waals surface area contributed by atoms with Crippen molar-refractivity contribution in [3.05, 3.63) is 18.2 Å². The lowest BCUT2D eigenvalue weighted by Crippen LogP contribution is -2.38. The van der Waals surface area contributed by atoms with E-state index in [2.05, 4.69) is 5.32 Å². The summed E-state index contributed by atoms with van der Waals surface area (Å²) >= 11 is 0. The van der Waals surface area contributed by atoms with E-state index >= 15 is 0 Å². The minimum absolute atomic E-state index is 0.0534. The van der Waals surface area contributed by atoms with Crippen LogP contribution in [0, 0.1) is 5.92 Å². The van der Waals surface area contributed by atoms with E-state index in [1.54, 1.807) is 19.1 Å². The first-order valence-electron chi connectivity index (χ1n) is 5.93. The fourth-order valence-electron chi connectivity index (χ4n) is 1.33. The fourth-order valence-corrected chi connectivity index (χ4v) is 1.33. The summed E-state index contributed by atoms with van der Waals surface area (Å²) in [6, 6.07) is 4.69. The van der Waals surface area contributed by atoms with E-state index in [1.165, 1.54) is 6.07 Å². The molecule has 18 heavy (non-hydrogen) atoms. The van der Waals surface area contributed by atoms with Gasteiger partial charge in [-0.3, -0.25) is 4.79 Å².